The lowest BCUT2D eigenvalue weighted by molar-refractivity contribution is 0.602. The Bertz CT molecular complexity index is 867. The maximum Gasteiger partial charge on any atom is 0.175 e. The van der Waals surface area contributed by atoms with Gasteiger partial charge in [-0.2, -0.15) is 10.2 Å². The van der Waals surface area contributed by atoms with E-state index in [9.17, 15) is 8.42 Å². The Kier molecular flexibility index (Phi) is 2.99. The number of benzene rings is 2. The highest BCUT2D eigenvalue weighted by molar-refractivity contribution is 7.90. The Hall–Kier alpha value is -2.27. The van der Waals surface area contributed by atoms with Crippen LogP contribution in [0.3, 0.4) is 0 Å². The Morgan fingerprint density at radius 1 is 0.950 bits per heavy atom. The van der Waals surface area contributed by atoms with E-state index in [1.165, 1.54) is 6.26 Å². The number of hydrogen-bond acceptors (Lipinski definition) is 4. The smallest absolute Gasteiger partial charge is 0.175 e. The number of hydrogen-bond donors (Lipinski definition) is 0. The first-order valence-corrected chi connectivity index (χ1v) is 7.96. The molecule has 1 heterocycles. The first kappa shape index (κ1) is 12.7. The molecule has 20 heavy (non-hydrogen) atoms. The van der Waals surface area contributed by atoms with E-state index in [1.807, 2.05) is 24.3 Å². The lowest BCUT2D eigenvalue weighted by atomic mass is 10.0. The summed E-state index contributed by atoms with van der Waals surface area (Å²) < 4.78 is 22.9. The van der Waals surface area contributed by atoms with Gasteiger partial charge in [0.1, 0.15) is 0 Å². The van der Waals surface area contributed by atoms with E-state index < -0.39 is 9.84 Å². The molecule has 0 aliphatic rings. The second-order valence-electron chi connectivity index (χ2n) is 4.57. The van der Waals surface area contributed by atoms with Crippen molar-refractivity contribution >= 4 is 20.7 Å². The molecule has 2 aromatic carbocycles. The molecule has 4 nitrogen and oxygen atoms in total. The van der Waals surface area contributed by atoms with Crippen LogP contribution in [0, 0.1) is 0 Å². The molecule has 3 rings (SSSR count). The summed E-state index contributed by atoms with van der Waals surface area (Å²) in [5.74, 6) is 0. The minimum absolute atomic E-state index is 0.313. The average molecular weight is 284 g/mol. The van der Waals surface area contributed by atoms with Gasteiger partial charge in [-0.25, -0.2) is 8.42 Å². The third-order valence-electron chi connectivity index (χ3n) is 3.14. The summed E-state index contributed by atoms with van der Waals surface area (Å²) in [6.45, 7) is 0. The second-order valence-corrected chi connectivity index (χ2v) is 6.59. The third kappa shape index (κ3) is 2.28. The van der Waals surface area contributed by atoms with E-state index in [1.54, 1.807) is 30.5 Å². The van der Waals surface area contributed by atoms with Crippen molar-refractivity contribution in [1.29, 1.82) is 0 Å². The zero-order valence-corrected chi connectivity index (χ0v) is 11.6. The monoisotopic (exact) mass is 284 g/mol. The van der Waals surface area contributed by atoms with Gasteiger partial charge in [-0.3, -0.25) is 0 Å². The Morgan fingerprint density at radius 2 is 1.65 bits per heavy atom. The minimum atomic E-state index is -3.17. The van der Waals surface area contributed by atoms with E-state index >= 15 is 0 Å². The Labute approximate surface area is 117 Å². The van der Waals surface area contributed by atoms with Crippen LogP contribution in [-0.4, -0.2) is 24.9 Å². The van der Waals surface area contributed by atoms with Gasteiger partial charge in [-0.05, 0) is 23.8 Å². The fraction of sp³-hybridized carbons (Fsp3) is 0.0667. The van der Waals surface area contributed by atoms with Crippen molar-refractivity contribution in [1.82, 2.24) is 10.2 Å². The summed E-state index contributed by atoms with van der Waals surface area (Å²) in [5.41, 5.74) is 2.68. The Morgan fingerprint density at radius 3 is 2.35 bits per heavy atom. The highest BCUT2D eigenvalue weighted by Crippen LogP contribution is 2.27. The summed E-state index contributed by atoms with van der Waals surface area (Å²) >= 11 is 0. The van der Waals surface area contributed by atoms with Crippen molar-refractivity contribution < 1.29 is 8.42 Å². The van der Waals surface area contributed by atoms with Gasteiger partial charge in [0, 0.05) is 17.2 Å². The SMILES string of the molecule is CS(=O)(=O)c1ccc(-c2cnnc3ccccc23)cc1. The zero-order chi connectivity index (χ0) is 14.2. The molecule has 0 saturated carbocycles. The van der Waals surface area contributed by atoms with Crippen LogP contribution in [0.25, 0.3) is 22.0 Å². The minimum Gasteiger partial charge on any atom is -0.224 e. The molecule has 3 aromatic rings. The van der Waals surface area contributed by atoms with Gasteiger partial charge in [0.15, 0.2) is 9.84 Å². The quantitative estimate of drug-likeness (QED) is 0.726. The predicted octanol–water partition coefficient (Wildman–Crippen LogP) is 2.70. The highest BCUT2D eigenvalue weighted by atomic mass is 32.2. The summed E-state index contributed by atoms with van der Waals surface area (Å²) in [6, 6.07) is 14.5. The summed E-state index contributed by atoms with van der Waals surface area (Å²) in [5, 5.41) is 9.07. The van der Waals surface area contributed by atoms with Gasteiger partial charge in [0.25, 0.3) is 0 Å². The molecule has 0 N–H and O–H groups in total. The number of fused-ring (bicyclic) bond motifs is 1. The lowest BCUT2D eigenvalue weighted by Crippen LogP contribution is -1.96. The molecule has 0 aliphatic heterocycles. The van der Waals surface area contributed by atoms with E-state index in [0.717, 1.165) is 22.0 Å². The standard InChI is InChI=1S/C15H12N2O2S/c1-20(18,19)12-8-6-11(7-9-12)14-10-16-17-15-5-3-2-4-13(14)15/h2-10H,1H3. The van der Waals surface area contributed by atoms with Crippen LogP contribution < -0.4 is 0 Å². The molecular formula is C15H12N2O2S. The van der Waals surface area contributed by atoms with Crippen molar-refractivity contribution in [3.05, 3.63) is 54.7 Å². The molecule has 0 fully saturated rings. The fourth-order valence-corrected chi connectivity index (χ4v) is 2.75. The van der Waals surface area contributed by atoms with Crippen molar-refractivity contribution in [3.63, 3.8) is 0 Å². The van der Waals surface area contributed by atoms with Gasteiger partial charge in [-0.15, -0.1) is 0 Å². The van der Waals surface area contributed by atoms with E-state index in [2.05, 4.69) is 10.2 Å². The fourth-order valence-electron chi connectivity index (χ4n) is 2.12. The molecule has 0 radical (unpaired) electrons. The van der Waals surface area contributed by atoms with Crippen LogP contribution in [0.5, 0.6) is 0 Å². The van der Waals surface area contributed by atoms with E-state index in [0.29, 0.717) is 4.90 Å². The Balaban J connectivity index is 2.17. The first-order chi connectivity index (χ1) is 9.55. The van der Waals surface area contributed by atoms with Crippen LogP contribution >= 0.6 is 0 Å². The molecule has 5 heteroatoms. The largest absolute Gasteiger partial charge is 0.224 e. The highest BCUT2D eigenvalue weighted by Gasteiger charge is 2.09. The van der Waals surface area contributed by atoms with Crippen LogP contribution in [0.1, 0.15) is 0 Å². The summed E-state index contributed by atoms with van der Waals surface area (Å²) in [7, 11) is -3.17. The molecule has 0 bridgehead atoms. The zero-order valence-electron chi connectivity index (χ0n) is 10.8. The average Bonchev–Trinajstić information content (AvgIpc) is 2.46. The lowest BCUT2D eigenvalue weighted by Gasteiger charge is -2.06. The van der Waals surface area contributed by atoms with E-state index in [-0.39, 0.29) is 0 Å². The molecule has 0 spiro atoms. The second kappa shape index (κ2) is 4.68. The van der Waals surface area contributed by atoms with E-state index in [4.69, 9.17) is 0 Å². The van der Waals surface area contributed by atoms with Crippen LogP contribution in [0.15, 0.2) is 59.6 Å². The van der Waals surface area contributed by atoms with Crippen LogP contribution in [0.2, 0.25) is 0 Å². The molecule has 0 amide bonds. The maximum atomic E-state index is 11.5. The first-order valence-electron chi connectivity index (χ1n) is 6.06. The van der Waals surface area contributed by atoms with Crippen molar-refractivity contribution in [2.24, 2.45) is 0 Å². The molecule has 1 aromatic heterocycles. The maximum absolute atomic E-state index is 11.5. The molecular weight excluding hydrogens is 272 g/mol. The molecule has 0 unspecified atom stereocenters. The van der Waals surface area contributed by atoms with Crippen molar-refractivity contribution in [3.8, 4) is 11.1 Å². The number of nitrogens with zero attached hydrogens (tertiary/aromatic N) is 2. The third-order valence-corrected chi connectivity index (χ3v) is 4.27. The van der Waals surface area contributed by atoms with Gasteiger partial charge in [0.05, 0.1) is 16.6 Å². The number of rotatable bonds is 2. The molecule has 100 valence electrons. The molecule has 0 atom stereocenters. The van der Waals surface area contributed by atoms with Crippen molar-refractivity contribution in [2.75, 3.05) is 6.26 Å². The molecule has 0 saturated heterocycles. The topological polar surface area (TPSA) is 59.9 Å². The number of sulfone groups is 1. The predicted molar refractivity (Wildman–Crippen MR) is 78.1 cm³/mol. The normalized spacial score (nSPS) is 11.7. The molecule has 0 aliphatic carbocycles. The number of aromatic nitrogens is 2. The van der Waals surface area contributed by atoms with Gasteiger partial charge >= 0.3 is 0 Å². The summed E-state index contributed by atoms with van der Waals surface area (Å²) in [4.78, 5) is 0.313. The summed E-state index contributed by atoms with van der Waals surface area (Å²) in [6.07, 6.45) is 2.89. The van der Waals surface area contributed by atoms with Gasteiger partial charge in [0.2, 0.25) is 0 Å². The van der Waals surface area contributed by atoms with Gasteiger partial charge < -0.3 is 0 Å². The van der Waals surface area contributed by atoms with Crippen LogP contribution in [0.4, 0.5) is 0 Å². The van der Waals surface area contributed by atoms with Crippen LogP contribution in [-0.2, 0) is 9.84 Å². The van der Waals surface area contributed by atoms with Gasteiger partial charge in [-0.1, -0.05) is 30.3 Å². The van der Waals surface area contributed by atoms with Crippen molar-refractivity contribution in [2.45, 2.75) is 4.90 Å².